The molecule has 5 heteroatoms. The maximum Gasteiger partial charge on any atom is 0.255 e. The van der Waals surface area contributed by atoms with E-state index in [1.165, 1.54) is 19.2 Å². The van der Waals surface area contributed by atoms with E-state index in [4.69, 9.17) is 4.74 Å². The minimum Gasteiger partial charge on any atom is -0.496 e. The van der Waals surface area contributed by atoms with Crippen LogP contribution in [0.4, 0.5) is 4.39 Å². The van der Waals surface area contributed by atoms with E-state index in [-0.39, 0.29) is 12.1 Å². The van der Waals surface area contributed by atoms with E-state index < -0.39 is 17.3 Å². The number of carbonyl (C=O) groups is 1. The van der Waals surface area contributed by atoms with E-state index in [1.54, 1.807) is 6.92 Å². The van der Waals surface area contributed by atoms with Gasteiger partial charge in [0.2, 0.25) is 0 Å². The molecule has 0 aliphatic carbocycles. The standard InChI is InChI=1S/C16H24FNO3/c1-11(2)7-8-16(3,20)10-18-15(19)13-9-12(17)5-6-14(13)21-4/h5-6,9,11,20H,7-8,10H2,1-4H3,(H,18,19). The fraction of sp³-hybridized carbons (Fsp3) is 0.562. The van der Waals surface area contributed by atoms with Crippen molar-refractivity contribution in [2.75, 3.05) is 13.7 Å². The Hall–Kier alpha value is -1.62. The molecule has 1 aromatic carbocycles. The molecule has 4 nitrogen and oxygen atoms in total. The van der Waals surface area contributed by atoms with Crippen molar-refractivity contribution in [1.82, 2.24) is 5.32 Å². The summed E-state index contributed by atoms with van der Waals surface area (Å²) in [5, 5.41) is 12.8. The van der Waals surface area contributed by atoms with Crippen LogP contribution >= 0.6 is 0 Å². The minimum absolute atomic E-state index is 0.109. The molecular weight excluding hydrogens is 273 g/mol. The molecule has 0 aromatic heterocycles. The van der Waals surface area contributed by atoms with E-state index in [1.807, 2.05) is 0 Å². The molecule has 2 N–H and O–H groups in total. The third-order valence-corrected chi connectivity index (χ3v) is 3.30. The Morgan fingerprint density at radius 2 is 2.14 bits per heavy atom. The molecule has 0 aliphatic heterocycles. The number of benzene rings is 1. The summed E-state index contributed by atoms with van der Waals surface area (Å²) in [6.07, 6.45) is 1.46. The van der Waals surface area contributed by atoms with E-state index in [2.05, 4.69) is 19.2 Å². The minimum atomic E-state index is -0.986. The zero-order chi connectivity index (χ0) is 16.0. The summed E-state index contributed by atoms with van der Waals surface area (Å²) in [6, 6.07) is 3.76. The van der Waals surface area contributed by atoms with Gasteiger partial charge in [-0.1, -0.05) is 13.8 Å². The maximum atomic E-state index is 13.2. The molecule has 0 saturated carbocycles. The molecule has 0 fully saturated rings. The van der Waals surface area contributed by atoms with Gasteiger partial charge in [-0.15, -0.1) is 0 Å². The smallest absolute Gasteiger partial charge is 0.255 e. The summed E-state index contributed by atoms with van der Waals surface area (Å²) in [5.74, 6) is -0.185. The molecule has 1 rings (SSSR count). The molecule has 1 atom stereocenters. The van der Waals surface area contributed by atoms with Gasteiger partial charge in [0.25, 0.3) is 5.91 Å². The van der Waals surface area contributed by atoms with Crippen LogP contribution in [0, 0.1) is 11.7 Å². The predicted octanol–water partition coefficient (Wildman–Crippen LogP) is 2.75. The SMILES string of the molecule is COc1ccc(F)cc1C(=O)NCC(C)(O)CCC(C)C. The highest BCUT2D eigenvalue weighted by molar-refractivity contribution is 5.96. The lowest BCUT2D eigenvalue weighted by molar-refractivity contribution is 0.0428. The van der Waals surface area contributed by atoms with Crippen molar-refractivity contribution >= 4 is 5.91 Å². The van der Waals surface area contributed by atoms with Gasteiger partial charge in [0.15, 0.2) is 0 Å². The average Bonchev–Trinajstić information content (AvgIpc) is 2.43. The molecule has 118 valence electrons. The van der Waals surface area contributed by atoms with Crippen molar-refractivity contribution in [2.24, 2.45) is 5.92 Å². The van der Waals surface area contributed by atoms with Crippen LogP contribution in [-0.4, -0.2) is 30.3 Å². The van der Waals surface area contributed by atoms with Crippen molar-refractivity contribution in [1.29, 1.82) is 0 Å². The first-order valence-corrected chi connectivity index (χ1v) is 7.09. The number of amides is 1. The number of methoxy groups -OCH3 is 1. The molecule has 0 spiro atoms. The van der Waals surface area contributed by atoms with Crippen LogP contribution in [0.3, 0.4) is 0 Å². The maximum absolute atomic E-state index is 13.2. The summed E-state index contributed by atoms with van der Waals surface area (Å²) < 4.78 is 18.3. The lowest BCUT2D eigenvalue weighted by Crippen LogP contribution is -2.40. The third-order valence-electron chi connectivity index (χ3n) is 3.30. The van der Waals surface area contributed by atoms with Gasteiger partial charge in [0.1, 0.15) is 11.6 Å². The molecule has 1 aromatic rings. The molecule has 0 heterocycles. The van der Waals surface area contributed by atoms with Crippen molar-refractivity contribution < 1.29 is 19.0 Å². The number of rotatable bonds is 7. The second kappa shape index (κ2) is 7.41. The largest absolute Gasteiger partial charge is 0.496 e. The van der Waals surface area contributed by atoms with Crippen LogP contribution < -0.4 is 10.1 Å². The normalized spacial score (nSPS) is 13.9. The molecule has 0 bridgehead atoms. The second-order valence-electron chi connectivity index (χ2n) is 5.96. The van der Waals surface area contributed by atoms with Crippen molar-refractivity contribution in [2.45, 2.75) is 39.2 Å². The van der Waals surface area contributed by atoms with Gasteiger partial charge >= 0.3 is 0 Å². The molecule has 0 saturated heterocycles. The van der Waals surface area contributed by atoms with E-state index in [9.17, 15) is 14.3 Å². The highest BCUT2D eigenvalue weighted by atomic mass is 19.1. The van der Waals surface area contributed by atoms with Crippen LogP contribution in [0.25, 0.3) is 0 Å². The zero-order valence-electron chi connectivity index (χ0n) is 13.1. The highest BCUT2D eigenvalue weighted by Gasteiger charge is 2.22. The predicted molar refractivity (Wildman–Crippen MR) is 80.0 cm³/mol. The fourth-order valence-corrected chi connectivity index (χ4v) is 1.91. The van der Waals surface area contributed by atoms with Crippen molar-refractivity contribution in [3.63, 3.8) is 0 Å². The van der Waals surface area contributed by atoms with Crippen LogP contribution in [-0.2, 0) is 0 Å². The van der Waals surface area contributed by atoms with Crippen molar-refractivity contribution in [3.05, 3.63) is 29.6 Å². The van der Waals surface area contributed by atoms with Gasteiger partial charge in [0.05, 0.1) is 18.3 Å². The fourth-order valence-electron chi connectivity index (χ4n) is 1.91. The Morgan fingerprint density at radius 1 is 1.48 bits per heavy atom. The lowest BCUT2D eigenvalue weighted by Gasteiger charge is -2.24. The van der Waals surface area contributed by atoms with Gasteiger partial charge in [-0.25, -0.2) is 4.39 Å². The highest BCUT2D eigenvalue weighted by Crippen LogP contribution is 2.20. The first-order chi connectivity index (χ1) is 9.75. The Bertz CT molecular complexity index is 486. The van der Waals surface area contributed by atoms with Crippen LogP contribution in [0.2, 0.25) is 0 Å². The Balaban J connectivity index is 2.67. The monoisotopic (exact) mass is 297 g/mol. The summed E-state index contributed by atoms with van der Waals surface area (Å²) in [7, 11) is 1.42. The van der Waals surface area contributed by atoms with Gasteiger partial charge in [-0.05, 0) is 43.9 Å². The van der Waals surface area contributed by atoms with E-state index >= 15 is 0 Å². The van der Waals surface area contributed by atoms with E-state index in [0.29, 0.717) is 18.1 Å². The summed E-state index contributed by atoms with van der Waals surface area (Å²) in [4.78, 5) is 12.1. The summed E-state index contributed by atoms with van der Waals surface area (Å²) >= 11 is 0. The van der Waals surface area contributed by atoms with Crippen LogP contribution in [0.15, 0.2) is 18.2 Å². The first-order valence-electron chi connectivity index (χ1n) is 7.09. The van der Waals surface area contributed by atoms with Gasteiger partial charge in [-0.3, -0.25) is 4.79 Å². The number of halogens is 1. The quantitative estimate of drug-likeness (QED) is 0.813. The lowest BCUT2D eigenvalue weighted by atomic mass is 9.95. The number of nitrogens with one attached hydrogen (secondary N) is 1. The molecule has 21 heavy (non-hydrogen) atoms. The molecule has 0 aliphatic rings. The second-order valence-corrected chi connectivity index (χ2v) is 5.96. The number of aliphatic hydroxyl groups is 1. The Labute approximate surface area is 125 Å². The summed E-state index contributed by atoms with van der Waals surface area (Å²) in [5.41, 5.74) is -0.863. The first kappa shape index (κ1) is 17.4. The molecule has 0 radical (unpaired) electrons. The van der Waals surface area contributed by atoms with Gasteiger partial charge in [0, 0.05) is 6.54 Å². The van der Waals surface area contributed by atoms with Crippen molar-refractivity contribution in [3.8, 4) is 5.75 Å². The number of hydrogen-bond donors (Lipinski definition) is 2. The Morgan fingerprint density at radius 3 is 2.71 bits per heavy atom. The van der Waals surface area contributed by atoms with Crippen LogP contribution in [0.5, 0.6) is 5.75 Å². The third kappa shape index (κ3) is 5.71. The molecular formula is C16H24FNO3. The molecule has 1 amide bonds. The average molecular weight is 297 g/mol. The van der Waals surface area contributed by atoms with E-state index in [0.717, 1.165) is 12.5 Å². The van der Waals surface area contributed by atoms with Gasteiger partial charge < -0.3 is 15.2 Å². The summed E-state index contributed by atoms with van der Waals surface area (Å²) in [6.45, 7) is 5.94. The van der Waals surface area contributed by atoms with Crippen LogP contribution in [0.1, 0.15) is 44.0 Å². The molecule has 1 unspecified atom stereocenters. The zero-order valence-corrected chi connectivity index (χ0v) is 13.1. The topological polar surface area (TPSA) is 58.6 Å². The number of ether oxygens (including phenoxy) is 1. The van der Waals surface area contributed by atoms with Gasteiger partial charge in [-0.2, -0.15) is 0 Å². The Kier molecular flexibility index (Phi) is 6.15. The number of carbonyl (C=O) groups excluding carboxylic acids is 1. The number of hydrogen-bond acceptors (Lipinski definition) is 3.